The van der Waals surface area contributed by atoms with Crippen LogP contribution in [0.5, 0.6) is 0 Å². The molecule has 68 valence electrons. The second-order valence-corrected chi connectivity index (χ2v) is 2.94. The summed E-state index contributed by atoms with van der Waals surface area (Å²) >= 11 is 0. The van der Waals surface area contributed by atoms with Crippen molar-refractivity contribution in [2.24, 2.45) is 0 Å². The van der Waals surface area contributed by atoms with Gasteiger partial charge in [0, 0.05) is 6.04 Å². The van der Waals surface area contributed by atoms with E-state index in [4.69, 9.17) is 0 Å². The fraction of sp³-hybridized carbons (Fsp3) is 0.333. The minimum absolute atomic E-state index is 0.377. The van der Waals surface area contributed by atoms with Gasteiger partial charge in [-0.25, -0.2) is 0 Å². The molecule has 0 amide bonds. The van der Waals surface area contributed by atoms with Crippen molar-refractivity contribution in [1.82, 2.24) is 5.32 Å². The van der Waals surface area contributed by atoms with Crippen LogP contribution in [0.25, 0.3) is 0 Å². The van der Waals surface area contributed by atoms with E-state index in [9.17, 15) is 0 Å². The fourth-order valence-electron chi connectivity index (χ4n) is 1.15. The zero-order valence-electron chi connectivity index (χ0n) is 8.17. The summed E-state index contributed by atoms with van der Waals surface area (Å²) in [6.45, 7) is 4.76. The summed E-state index contributed by atoms with van der Waals surface area (Å²) in [6, 6.07) is 10.8. The average Bonchev–Trinajstić information content (AvgIpc) is 2.19. The predicted octanol–water partition coefficient (Wildman–Crippen LogP) is 2.36. The van der Waals surface area contributed by atoms with Crippen LogP contribution in [0.1, 0.15) is 25.5 Å². The Morgan fingerprint density at radius 2 is 2.00 bits per heavy atom. The molecular formula is C12H15N. The molecule has 1 heteroatoms. The lowest BCUT2D eigenvalue weighted by Gasteiger charge is -2.11. The Kier molecular flexibility index (Phi) is 4.08. The molecule has 1 nitrogen and oxygen atoms in total. The molecule has 0 saturated carbocycles. The first-order valence-corrected chi connectivity index (χ1v) is 4.52. The summed E-state index contributed by atoms with van der Waals surface area (Å²) in [6.07, 6.45) is 0. The first-order valence-electron chi connectivity index (χ1n) is 4.52. The number of nitrogens with one attached hydrogen (secondary N) is 1. The molecule has 0 aliphatic heterocycles. The number of rotatable bonds is 3. The molecule has 13 heavy (non-hydrogen) atoms. The lowest BCUT2D eigenvalue weighted by atomic mass is 10.1. The van der Waals surface area contributed by atoms with E-state index in [0.717, 1.165) is 6.54 Å². The maximum Gasteiger partial charge on any atom is 0.0581 e. The molecule has 1 unspecified atom stereocenters. The highest BCUT2D eigenvalue weighted by Crippen LogP contribution is 2.09. The summed E-state index contributed by atoms with van der Waals surface area (Å²) in [4.78, 5) is 0. The molecule has 0 radical (unpaired) electrons. The summed E-state index contributed by atoms with van der Waals surface area (Å²) in [5, 5.41) is 3.33. The second kappa shape index (κ2) is 5.40. The molecule has 1 N–H and O–H groups in total. The highest BCUT2D eigenvalue weighted by Gasteiger charge is 2.00. The first-order chi connectivity index (χ1) is 6.34. The van der Waals surface area contributed by atoms with Crippen LogP contribution in [0, 0.1) is 11.8 Å². The van der Waals surface area contributed by atoms with E-state index >= 15 is 0 Å². The lowest BCUT2D eigenvalue weighted by Crippen LogP contribution is -2.18. The van der Waals surface area contributed by atoms with E-state index in [-0.39, 0.29) is 0 Å². The van der Waals surface area contributed by atoms with Gasteiger partial charge in [-0.05, 0) is 19.4 Å². The number of benzene rings is 1. The minimum Gasteiger partial charge on any atom is -0.300 e. The molecule has 0 spiro atoms. The monoisotopic (exact) mass is 173 g/mol. The summed E-state index contributed by atoms with van der Waals surface area (Å²) < 4.78 is 0. The van der Waals surface area contributed by atoms with Gasteiger partial charge < -0.3 is 0 Å². The van der Waals surface area contributed by atoms with Crippen molar-refractivity contribution in [3.05, 3.63) is 35.9 Å². The van der Waals surface area contributed by atoms with Crippen molar-refractivity contribution in [1.29, 1.82) is 0 Å². The maximum atomic E-state index is 3.33. The van der Waals surface area contributed by atoms with Gasteiger partial charge in [0.1, 0.15) is 0 Å². The van der Waals surface area contributed by atoms with E-state index in [1.165, 1.54) is 5.56 Å². The predicted molar refractivity (Wildman–Crippen MR) is 56.3 cm³/mol. The van der Waals surface area contributed by atoms with Gasteiger partial charge in [-0.1, -0.05) is 36.3 Å². The van der Waals surface area contributed by atoms with Crippen LogP contribution in [0.4, 0.5) is 0 Å². The van der Waals surface area contributed by atoms with E-state index in [0.29, 0.717) is 6.04 Å². The van der Waals surface area contributed by atoms with Crippen LogP contribution >= 0.6 is 0 Å². The van der Waals surface area contributed by atoms with Gasteiger partial charge in [0.2, 0.25) is 0 Å². The third-order valence-corrected chi connectivity index (χ3v) is 1.97. The molecule has 0 fully saturated rings. The molecule has 0 aliphatic rings. The number of hydrogen-bond acceptors (Lipinski definition) is 1. The normalized spacial score (nSPS) is 11.5. The zero-order valence-corrected chi connectivity index (χ0v) is 8.17. The molecule has 0 heterocycles. The van der Waals surface area contributed by atoms with E-state index in [1.54, 1.807) is 0 Å². The Balaban J connectivity index is 2.47. The van der Waals surface area contributed by atoms with E-state index in [2.05, 4.69) is 48.3 Å². The zero-order chi connectivity index (χ0) is 9.52. The van der Waals surface area contributed by atoms with E-state index < -0.39 is 0 Å². The van der Waals surface area contributed by atoms with Gasteiger partial charge in [-0.15, -0.1) is 5.92 Å². The summed E-state index contributed by atoms with van der Waals surface area (Å²) in [5.74, 6) is 5.85. The van der Waals surface area contributed by atoms with Crippen LogP contribution in [0.3, 0.4) is 0 Å². The topological polar surface area (TPSA) is 12.0 Å². The van der Waals surface area contributed by atoms with Gasteiger partial charge in [0.15, 0.2) is 0 Å². The van der Waals surface area contributed by atoms with Gasteiger partial charge in [0.05, 0.1) is 6.54 Å². The van der Waals surface area contributed by atoms with Gasteiger partial charge >= 0.3 is 0 Å². The van der Waals surface area contributed by atoms with Crippen molar-refractivity contribution in [3.63, 3.8) is 0 Å². The first kappa shape index (κ1) is 9.83. The molecule has 1 aromatic rings. The van der Waals surface area contributed by atoms with Crippen molar-refractivity contribution in [2.45, 2.75) is 19.9 Å². The molecule has 0 bridgehead atoms. The fourth-order valence-corrected chi connectivity index (χ4v) is 1.15. The maximum absolute atomic E-state index is 3.33. The smallest absolute Gasteiger partial charge is 0.0581 e. The van der Waals surface area contributed by atoms with Crippen molar-refractivity contribution >= 4 is 0 Å². The third-order valence-electron chi connectivity index (χ3n) is 1.97. The molecule has 0 aliphatic carbocycles. The van der Waals surface area contributed by atoms with E-state index in [1.807, 2.05) is 13.0 Å². The summed E-state index contributed by atoms with van der Waals surface area (Å²) in [7, 11) is 0. The molecule has 1 aromatic carbocycles. The standard InChI is InChI=1S/C12H15N/c1-3-4-10-13-11(2)12-8-6-5-7-9-12/h5-9,11,13H,10H2,1-2H3. The van der Waals surface area contributed by atoms with Crippen LogP contribution < -0.4 is 5.32 Å². The van der Waals surface area contributed by atoms with Crippen LogP contribution in [0.2, 0.25) is 0 Å². The Morgan fingerprint density at radius 3 is 2.62 bits per heavy atom. The SMILES string of the molecule is CC#CCNC(C)c1ccccc1. The third kappa shape index (κ3) is 3.31. The molecule has 0 aromatic heterocycles. The molecule has 1 atom stereocenters. The van der Waals surface area contributed by atoms with Gasteiger partial charge in [-0.3, -0.25) is 5.32 Å². The Labute approximate surface area is 80.2 Å². The van der Waals surface area contributed by atoms with Crippen LogP contribution in [-0.4, -0.2) is 6.54 Å². The Morgan fingerprint density at radius 1 is 1.31 bits per heavy atom. The van der Waals surface area contributed by atoms with Gasteiger partial charge in [0.25, 0.3) is 0 Å². The number of hydrogen-bond donors (Lipinski definition) is 1. The Hall–Kier alpha value is -1.26. The van der Waals surface area contributed by atoms with Crippen molar-refractivity contribution in [2.75, 3.05) is 6.54 Å². The summed E-state index contributed by atoms with van der Waals surface area (Å²) in [5.41, 5.74) is 1.31. The highest BCUT2D eigenvalue weighted by molar-refractivity contribution is 5.18. The largest absolute Gasteiger partial charge is 0.300 e. The Bertz CT molecular complexity index is 292. The molecule has 1 rings (SSSR count). The average molecular weight is 173 g/mol. The van der Waals surface area contributed by atoms with Crippen molar-refractivity contribution < 1.29 is 0 Å². The molecule has 0 saturated heterocycles. The van der Waals surface area contributed by atoms with Gasteiger partial charge in [-0.2, -0.15) is 0 Å². The van der Waals surface area contributed by atoms with Crippen LogP contribution in [0.15, 0.2) is 30.3 Å². The lowest BCUT2D eigenvalue weighted by molar-refractivity contribution is 0.623. The highest BCUT2D eigenvalue weighted by atomic mass is 14.9. The van der Waals surface area contributed by atoms with Crippen LogP contribution in [-0.2, 0) is 0 Å². The molecular weight excluding hydrogens is 158 g/mol. The van der Waals surface area contributed by atoms with Crippen molar-refractivity contribution in [3.8, 4) is 11.8 Å². The minimum atomic E-state index is 0.377. The second-order valence-electron chi connectivity index (χ2n) is 2.94. The quantitative estimate of drug-likeness (QED) is 0.692.